The lowest BCUT2D eigenvalue weighted by Crippen LogP contribution is -2.13. The van der Waals surface area contributed by atoms with Crippen LogP contribution in [0.25, 0.3) is 5.70 Å². The Labute approximate surface area is 163 Å². The molecule has 1 atom stereocenters. The summed E-state index contributed by atoms with van der Waals surface area (Å²) in [4.78, 5) is 0. The summed E-state index contributed by atoms with van der Waals surface area (Å²) in [5.74, 6) is 0.528. The molecule has 2 aromatic carbocycles. The van der Waals surface area contributed by atoms with Crippen molar-refractivity contribution in [3.63, 3.8) is 0 Å². The molecule has 1 unspecified atom stereocenters. The molecule has 2 aromatic rings. The molecule has 0 aromatic heterocycles. The van der Waals surface area contributed by atoms with Crippen LogP contribution in [0.15, 0.2) is 67.3 Å². The van der Waals surface area contributed by atoms with Gasteiger partial charge in [-0.3, -0.25) is 0 Å². The first-order chi connectivity index (χ1) is 12.5. The molecule has 138 valence electrons. The highest BCUT2D eigenvalue weighted by atomic mass is 35.5. The zero-order valence-electron chi connectivity index (χ0n) is 16.0. The quantitative estimate of drug-likeness (QED) is 0.446. The zero-order valence-corrected chi connectivity index (χ0v) is 16.8. The predicted molar refractivity (Wildman–Crippen MR) is 116 cm³/mol. The first-order valence-electron chi connectivity index (χ1n) is 9.41. The third-order valence-electron chi connectivity index (χ3n) is 4.65. The van der Waals surface area contributed by atoms with Gasteiger partial charge < -0.3 is 5.32 Å². The van der Waals surface area contributed by atoms with Crippen LogP contribution in [0, 0.1) is 0 Å². The van der Waals surface area contributed by atoms with Crippen molar-refractivity contribution < 1.29 is 0 Å². The van der Waals surface area contributed by atoms with Gasteiger partial charge in [0.05, 0.1) is 0 Å². The molecule has 0 bridgehead atoms. The Kier molecular flexibility index (Phi) is 8.00. The highest BCUT2D eigenvalue weighted by molar-refractivity contribution is 6.30. The largest absolute Gasteiger partial charge is 0.385 e. The third kappa shape index (κ3) is 6.38. The minimum absolute atomic E-state index is 0.528. The topological polar surface area (TPSA) is 12.0 Å². The number of nitrogens with one attached hydrogen (secondary N) is 1. The van der Waals surface area contributed by atoms with Gasteiger partial charge in [-0.15, -0.1) is 6.58 Å². The normalized spacial score (nSPS) is 11.8. The lowest BCUT2D eigenvalue weighted by Gasteiger charge is -2.18. The van der Waals surface area contributed by atoms with Crippen LogP contribution < -0.4 is 5.32 Å². The molecule has 0 fully saturated rings. The molecule has 2 rings (SSSR count). The number of benzene rings is 2. The van der Waals surface area contributed by atoms with Gasteiger partial charge in [0.25, 0.3) is 0 Å². The molecule has 0 aliphatic rings. The third-order valence-corrected chi connectivity index (χ3v) is 4.91. The standard InChI is InChI=1S/C24H30ClN/c1-5-6-23(17-20-7-13-24(25)14-8-20)22-11-9-21(10-12-22)19(4)26-16-15-18(2)3/h7-14,23,26H,2,4-6,15-17H2,1,3H3. The molecular weight excluding hydrogens is 338 g/mol. The van der Waals surface area contributed by atoms with Gasteiger partial charge in [-0.2, -0.15) is 0 Å². The van der Waals surface area contributed by atoms with E-state index in [2.05, 4.69) is 61.8 Å². The van der Waals surface area contributed by atoms with Crippen LogP contribution in [0.5, 0.6) is 0 Å². The molecule has 0 radical (unpaired) electrons. The molecule has 26 heavy (non-hydrogen) atoms. The number of halogens is 1. The fourth-order valence-electron chi connectivity index (χ4n) is 3.13. The van der Waals surface area contributed by atoms with E-state index < -0.39 is 0 Å². The SMILES string of the molecule is C=C(C)CCNC(=C)c1ccc(C(CCC)Cc2ccc(Cl)cc2)cc1. The number of hydrogen-bond donors (Lipinski definition) is 1. The number of hydrogen-bond acceptors (Lipinski definition) is 1. The van der Waals surface area contributed by atoms with Crippen molar-refractivity contribution >= 4 is 17.3 Å². The highest BCUT2D eigenvalue weighted by Crippen LogP contribution is 2.27. The summed E-state index contributed by atoms with van der Waals surface area (Å²) in [5, 5.41) is 4.18. The van der Waals surface area contributed by atoms with Crippen molar-refractivity contribution in [1.29, 1.82) is 0 Å². The van der Waals surface area contributed by atoms with Gasteiger partial charge in [0.15, 0.2) is 0 Å². The maximum absolute atomic E-state index is 6.01. The van der Waals surface area contributed by atoms with E-state index >= 15 is 0 Å². The Morgan fingerprint density at radius 1 is 1.04 bits per heavy atom. The van der Waals surface area contributed by atoms with Crippen LogP contribution in [0.2, 0.25) is 5.02 Å². The Morgan fingerprint density at radius 2 is 1.69 bits per heavy atom. The van der Waals surface area contributed by atoms with Crippen LogP contribution in [0.3, 0.4) is 0 Å². The lowest BCUT2D eigenvalue weighted by molar-refractivity contribution is 0.610. The van der Waals surface area contributed by atoms with Crippen LogP contribution in [-0.4, -0.2) is 6.54 Å². The summed E-state index contributed by atoms with van der Waals surface area (Å²) >= 11 is 6.01. The highest BCUT2D eigenvalue weighted by Gasteiger charge is 2.12. The van der Waals surface area contributed by atoms with E-state index in [1.165, 1.54) is 29.5 Å². The molecular formula is C24H30ClN. The zero-order chi connectivity index (χ0) is 18.9. The molecule has 0 heterocycles. The van der Waals surface area contributed by atoms with E-state index in [0.29, 0.717) is 5.92 Å². The predicted octanol–water partition coefficient (Wildman–Crippen LogP) is 6.99. The molecule has 0 spiro atoms. The smallest absolute Gasteiger partial charge is 0.0406 e. The lowest BCUT2D eigenvalue weighted by atomic mass is 9.88. The summed E-state index contributed by atoms with van der Waals surface area (Å²) in [7, 11) is 0. The molecule has 0 aliphatic heterocycles. The minimum atomic E-state index is 0.528. The van der Waals surface area contributed by atoms with Gasteiger partial charge in [0.2, 0.25) is 0 Å². The Bertz CT molecular complexity index is 713. The molecule has 2 heteroatoms. The monoisotopic (exact) mass is 367 g/mol. The second-order valence-electron chi connectivity index (χ2n) is 7.05. The van der Waals surface area contributed by atoms with E-state index in [1.807, 2.05) is 19.1 Å². The molecule has 0 amide bonds. The fraction of sp³-hybridized carbons (Fsp3) is 0.333. The van der Waals surface area contributed by atoms with Crippen LogP contribution in [0.1, 0.15) is 55.7 Å². The van der Waals surface area contributed by atoms with E-state index in [4.69, 9.17) is 11.6 Å². The summed E-state index contributed by atoms with van der Waals surface area (Å²) in [6.07, 6.45) is 4.37. The van der Waals surface area contributed by atoms with Gasteiger partial charge >= 0.3 is 0 Å². The second kappa shape index (κ2) is 10.2. The van der Waals surface area contributed by atoms with Crippen molar-refractivity contribution in [2.45, 2.75) is 45.4 Å². The van der Waals surface area contributed by atoms with Crippen molar-refractivity contribution in [3.8, 4) is 0 Å². The van der Waals surface area contributed by atoms with Crippen LogP contribution >= 0.6 is 11.6 Å². The Balaban J connectivity index is 2.03. The van der Waals surface area contributed by atoms with Gasteiger partial charge in [-0.1, -0.05) is 73.5 Å². The Hall–Kier alpha value is -1.99. The van der Waals surface area contributed by atoms with E-state index in [-0.39, 0.29) is 0 Å². The molecule has 1 nitrogen and oxygen atoms in total. The summed E-state index contributed by atoms with van der Waals surface area (Å²) in [6.45, 7) is 13.3. The van der Waals surface area contributed by atoms with Gasteiger partial charge in [-0.05, 0) is 60.9 Å². The van der Waals surface area contributed by atoms with Crippen molar-refractivity contribution in [1.82, 2.24) is 5.32 Å². The average Bonchev–Trinajstić information content (AvgIpc) is 2.63. The van der Waals surface area contributed by atoms with Crippen molar-refractivity contribution in [2.24, 2.45) is 0 Å². The maximum Gasteiger partial charge on any atom is 0.0406 e. The van der Waals surface area contributed by atoms with Crippen LogP contribution in [-0.2, 0) is 6.42 Å². The second-order valence-corrected chi connectivity index (χ2v) is 7.49. The molecule has 0 saturated carbocycles. The molecule has 0 saturated heterocycles. The first-order valence-corrected chi connectivity index (χ1v) is 9.79. The fourth-order valence-corrected chi connectivity index (χ4v) is 3.25. The van der Waals surface area contributed by atoms with Gasteiger partial charge in [0, 0.05) is 17.3 Å². The van der Waals surface area contributed by atoms with Gasteiger partial charge in [-0.25, -0.2) is 0 Å². The van der Waals surface area contributed by atoms with Crippen molar-refractivity contribution in [3.05, 3.63) is 89.0 Å². The number of rotatable bonds is 10. The summed E-state index contributed by atoms with van der Waals surface area (Å²) in [5.41, 5.74) is 6.04. The maximum atomic E-state index is 6.01. The van der Waals surface area contributed by atoms with E-state index in [0.717, 1.165) is 35.7 Å². The summed E-state index contributed by atoms with van der Waals surface area (Å²) in [6, 6.07) is 17.1. The van der Waals surface area contributed by atoms with E-state index in [1.54, 1.807) is 0 Å². The van der Waals surface area contributed by atoms with Crippen molar-refractivity contribution in [2.75, 3.05) is 6.54 Å². The average molecular weight is 368 g/mol. The molecule has 0 aliphatic carbocycles. The van der Waals surface area contributed by atoms with Gasteiger partial charge in [0.1, 0.15) is 0 Å². The molecule has 1 N–H and O–H groups in total. The minimum Gasteiger partial charge on any atom is -0.385 e. The van der Waals surface area contributed by atoms with Crippen LogP contribution in [0.4, 0.5) is 0 Å². The first kappa shape index (κ1) is 20.3. The Morgan fingerprint density at radius 3 is 2.27 bits per heavy atom. The van der Waals surface area contributed by atoms with E-state index in [9.17, 15) is 0 Å². The summed E-state index contributed by atoms with van der Waals surface area (Å²) < 4.78 is 0.